The Morgan fingerprint density at radius 2 is 1.37 bits per heavy atom. The molecule has 2 aromatic carbocycles. The summed E-state index contributed by atoms with van der Waals surface area (Å²) in [5.74, 6) is 0.833. The highest BCUT2D eigenvalue weighted by molar-refractivity contribution is 5.90. The van der Waals surface area contributed by atoms with E-state index in [0.717, 1.165) is 32.1 Å². The zero-order valence-corrected chi connectivity index (χ0v) is 27.6. The summed E-state index contributed by atoms with van der Waals surface area (Å²) in [5, 5.41) is 0. The monoisotopic (exact) mass is 630 g/mol. The van der Waals surface area contributed by atoms with Crippen LogP contribution >= 0.6 is 0 Å². The summed E-state index contributed by atoms with van der Waals surface area (Å²) in [6.07, 6.45) is 5.15. The van der Waals surface area contributed by atoms with Gasteiger partial charge in [0, 0.05) is 17.8 Å². The number of hydrogen-bond donors (Lipinski definition) is 0. The van der Waals surface area contributed by atoms with Crippen molar-refractivity contribution >= 4 is 17.9 Å². The number of rotatable bonds is 8. The van der Waals surface area contributed by atoms with Crippen molar-refractivity contribution in [2.24, 2.45) is 34.0 Å². The molecule has 4 aliphatic rings. The van der Waals surface area contributed by atoms with E-state index in [9.17, 15) is 14.4 Å². The molecule has 0 amide bonds. The van der Waals surface area contributed by atoms with Crippen LogP contribution in [0.2, 0.25) is 0 Å². The molecule has 1 spiro atoms. The predicted octanol–water partition coefficient (Wildman–Crippen LogP) is 7.21. The fourth-order valence-corrected chi connectivity index (χ4v) is 9.91. The van der Waals surface area contributed by atoms with Crippen molar-refractivity contribution in [3.63, 3.8) is 0 Å². The lowest BCUT2D eigenvalue weighted by Gasteiger charge is -2.66. The standard InChI is InChI=1S/C38H46O8/c1-23-20-38-21-27(23)11-16-30(38)36(3)18-17-32(45-34(40)25-7-12-28(42-5)13-8-25)37(4,22-44-24(2)39)31(36)19-33(38)46-35(41)26-9-14-29(43-6)15-10-26/h7-10,12-15,27,30-33H,1,11,16-22H2,2-6H3/t27-,30-,31?,32+,33-,36-,37+,38-/m0/s1. The number of fused-ring (bicyclic) bond motifs is 3. The summed E-state index contributed by atoms with van der Waals surface area (Å²) in [5.41, 5.74) is 1.11. The van der Waals surface area contributed by atoms with Crippen molar-refractivity contribution in [1.29, 1.82) is 0 Å². The minimum Gasteiger partial charge on any atom is -0.497 e. The van der Waals surface area contributed by atoms with Gasteiger partial charge in [-0.3, -0.25) is 4.79 Å². The molecular weight excluding hydrogens is 584 g/mol. The van der Waals surface area contributed by atoms with Gasteiger partial charge in [-0.1, -0.05) is 26.0 Å². The maximum atomic E-state index is 13.7. The summed E-state index contributed by atoms with van der Waals surface area (Å²) in [6, 6.07) is 13.9. The zero-order valence-electron chi connectivity index (χ0n) is 27.6. The van der Waals surface area contributed by atoms with E-state index in [1.807, 2.05) is 0 Å². The molecule has 46 heavy (non-hydrogen) atoms. The van der Waals surface area contributed by atoms with E-state index in [4.69, 9.17) is 23.7 Å². The summed E-state index contributed by atoms with van der Waals surface area (Å²) in [4.78, 5) is 39.5. The molecule has 4 aliphatic carbocycles. The maximum Gasteiger partial charge on any atom is 0.338 e. The van der Waals surface area contributed by atoms with Crippen molar-refractivity contribution in [3.8, 4) is 11.5 Å². The SMILES string of the molecule is C=C1C[C@]23C[C@@H]1CC[C@H]2[C@]1(C)CC[C@@H](OC(=O)c2ccc(OC)cc2)[C@](C)(COC(C)=O)C1C[C@@H]3OC(=O)c1ccc(OC)cc1. The summed E-state index contributed by atoms with van der Waals surface area (Å²) in [6.45, 7) is 10.5. The van der Waals surface area contributed by atoms with Crippen molar-refractivity contribution < 1.29 is 38.1 Å². The van der Waals surface area contributed by atoms with E-state index in [1.54, 1.807) is 62.8 Å². The highest BCUT2D eigenvalue weighted by Crippen LogP contribution is 2.73. The molecule has 4 saturated carbocycles. The van der Waals surface area contributed by atoms with Crippen molar-refractivity contribution in [3.05, 3.63) is 71.8 Å². The molecule has 0 aliphatic heterocycles. The average Bonchev–Trinajstić information content (AvgIpc) is 3.30. The predicted molar refractivity (Wildman–Crippen MR) is 172 cm³/mol. The van der Waals surface area contributed by atoms with E-state index in [1.165, 1.54) is 12.5 Å². The summed E-state index contributed by atoms with van der Waals surface area (Å²) < 4.78 is 29.2. The van der Waals surface area contributed by atoms with Crippen LogP contribution in [0.15, 0.2) is 60.7 Å². The van der Waals surface area contributed by atoms with Gasteiger partial charge in [-0.25, -0.2) is 9.59 Å². The van der Waals surface area contributed by atoms with Gasteiger partial charge in [0.05, 0.1) is 25.3 Å². The molecule has 8 nitrogen and oxygen atoms in total. The third-order valence-corrected chi connectivity index (χ3v) is 12.2. The Hall–Kier alpha value is -3.81. The quantitative estimate of drug-likeness (QED) is 0.172. The third kappa shape index (κ3) is 5.37. The van der Waals surface area contributed by atoms with Crippen LogP contribution < -0.4 is 9.47 Å². The van der Waals surface area contributed by atoms with Crippen LogP contribution in [-0.2, 0) is 19.0 Å². The van der Waals surface area contributed by atoms with Crippen LogP contribution in [0.4, 0.5) is 0 Å². The van der Waals surface area contributed by atoms with Gasteiger partial charge in [-0.2, -0.15) is 0 Å². The molecule has 8 atom stereocenters. The van der Waals surface area contributed by atoms with Gasteiger partial charge in [0.25, 0.3) is 0 Å². The first kappa shape index (κ1) is 32.1. The third-order valence-electron chi connectivity index (χ3n) is 12.2. The first-order chi connectivity index (χ1) is 21.9. The molecule has 1 unspecified atom stereocenters. The zero-order chi connectivity index (χ0) is 32.9. The Labute approximate surface area is 271 Å². The van der Waals surface area contributed by atoms with Crippen LogP contribution in [0, 0.1) is 34.0 Å². The number of allylic oxidation sites excluding steroid dienone is 1. The largest absolute Gasteiger partial charge is 0.497 e. The van der Waals surface area contributed by atoms with E-state index < -0.39 is 17.5 Å². The number of methoxy groups -OCH3 is 2. The van der Waals surface area contributed by atoms with E-state index >= 15 is 0 Å². The molecule has 0 aromatic heterocycles. The number of carbonyl (C=O) groups excluding carboxylic acids is 3. The minimum atomic E-state index is -0.709. The second-order valence-electron chi connectivity index (χ2n) is 14.5. The number of hydrogen-bond acceptors (Lipinski definition) is 8. The van der Waals surface area contributed by atoms with E-state index in [2.05, 4.69) is 20.4 Å². The van der Waals surface area contributed by atoms with Crippen LogP contribution in [0.25, 0.3) is 0 Å². The second kappa shape index (κ2) is 12.1. The molecule has 2 aromatic rings. The molecule has 2 bridgehead atoms. The van der Waals surface area contributed by atoms with E-state index in [-0.39, 0.29) is 47.3 Å². The highest BCUT2D eigenvalue weighted by atomic mass is 16.6. The Morgan fingerprint density at radius 3 is 1.91 bits per heavy atom. The number of ether oxygens (including phenoxy) is 5. The fraction of sp³-hybridized carbons (Fsp3) is 0.553. The lowest BCUT2D eigenvalue weighted by Crippen LogP contribution is -2.66. The first-order valence-corrected chi connectivity index (χ1v) is 16.4. The molecule has 6 rings (SSSR count). The van der Waals surface area contributed by atoms with Gasteiger partial charge >= 0.3 is 17.9 Å². The van der Waals surface area contributed by atoms with Crippen LogP contribution in [0.5, 0.6) is 11.5 Å². The number of carbonyl (C=O) groups is 3. The van der Waals surface area contributed by atoms with Crippen molar-refractivity contribution in [1.82, 2.24) is 0 Å². The smallest absolute Gasteiger partial charge is 0.338 e. The average molecular weight is 631 g/mol. The van der Waals surface area contributed by atoms with E-state index in [0.29, 0.717) is 41.4 Å². The second-order valence-corrected chi connectivity index (χ2v) is 14.5. The Bertz CT molecular complexity index is 1500. The first-order valence-electron chi connectivity index (χ1n) is 16.4. The van der Waals surface area contributed by atoms with Gasteiger partial charge < -0.3 is 23.7 Å². The lowest BCUT2D eigenvalue weighted by molar-refractivity contribution is -0.232. The Balaban J connectivity index is 1.36. The van der Waals surface area contributed by atoms with Gasteiger partial charge in [-0.05, 0) is 117 Å². The molecule has 0 N–H and O–H groups in total. The van der Waals surface area contributed by atoms with Crippen molar-refractivity contribution in [2.45, 2.75) is 77.9 Å². The minimum absolute atomic E-state index is 0.0449. The normalized spacial score (nSPS) is 34.5. The lowest BCUT2D eigenvalue weighted by atomic mass is 9.40. The van der Waals surface area contributed by atoms with Crippen LogP contribution in [-0.4, -0.2) is 50.9 Å². The topological polar surface area (TPSA) is 97.4 Å². The Kier molecular flexibility index (Phi) is 8.45. The molecule has 8 heteroatoms. The molecule has 0 heterocycles. The van der Waals surface area contributed by atoms with Gasteiger partial charge in [0.1, 0.15) is 30.3 Å². The van der Waals surface area contributed by atoms with Crippen LogP contribution in [0.3, 0.4) is 0 Å². The summed E-state index contributed by atoms with van der Waals surface area (Å²) >= 11 is 0. The maximum absolute atomic E-state index is 13.7. The van der Waals surface area contributed by atoms with Crippen molar-refractivity contribution in [2.75, 3.05) is 20.8 Å². The molecule has 246 valence electrons. The fourth-order valence-electron chi connectivity index (χ4n) is 9.91. The number of benzene rings is 2. The molecule has 0 radical (unpaired) electrons. The van der Waals surface area contributed by atoms with Gasteiger partial charge in [0.2, 0.25) is 0 Å². The van der Waals surface area contributed by atoms with Gasteiger partial charge in [0.15, 0.2) is 0 Å². The molecule has 0 saturated heterocycles. The number of esters is 3. The molecular formula is C38H46O8. The highest BCUT2D eigenvalue weighted by Gasteiger charge is 2.70. The van der Waals surface area contributed by atoms with Gasteiger partial charge in [-0.15, -0.1) is 0 Å². The summed E-state index contributed by atoms with van der Waals surface area (Å²) in [7, 11) is 3.17. The van der Waals surface area contributed by atoms with Crippen LogP contribution in [0.1, 0.15) is 86.4 Å². The molecule has 4 fully saturated rings. The Morgan fingerprint density at radius 1 is 0.804 bits per heavy atom.